The number of carbonyl (C=O) groups is 3. The van der Waals surface area contributed by atoms with Gasteiger partial charge < -0.3 is 15.5 Å². The molecule has 150 valence electrons. The number of ketones is 1. The lowest BCUT2D eigenvalue weighted by Crippen LogP contribution is -2.19. The van der Waals surface area contributed by atoms with Crippen molar-refractivity contribution < 1.29 is 19.1 Å². The van der Waals surface area contributed by atoms with Crippen molar-refractivity contribution >= 4 is 29.4 Å². The smallest absolute Gasteiger partial charge is 0.340 e. The number of rotatable bonds is 7. The van der Waals surface area contributed by atoms with Crippen LogP contribution in [0.3, 0.4) is 0 Å². The van der Waals surface area contributed by atoms with Crippen LogP contribution in [0.1, 0.15) is 67.6 Å². The number of thioether (sulfide) groups is 1. The van der Waals surface area contributed by atoms with E-state index in [9.17, 15) is 14.4 Å². The maximum absolute atomic E-state index is 13.0. The number of carbonyl (C=O) groups excluding carboxylic acids is 3. The normalized spacial score (nSPS) is 11.9. The summed E-state index contributed by atoms with van der Waals surface area (Å²) < 4.78 is 5.07. The molecule has 0 aliphatic heterocycles. The van der Waals surface area contributed by atoms with Gasteiger partial charge in [0.25, 0.3) is 5.91 Å². The van der Waals surface area contributed by atoms with Gasteiger partial charge in [-0.05, 0) is 58.7 Å². The molecule has 2 aromatic rings. The Bertz CT molecular complexity index is 949. The number of pyridine rings is 1. The Hall–Kier alpha value is -2.61. The molecule has 1 amide bonds. The van der Waals surface area contributed by atoms with E-state index in [1.54, 1.807) is 40.7 Å². The van der Waals surface area contributed by atoms with E-state index in [0.717, 1.165) is 11.3 Å². The van der Waals surface area contributed by atoms with Crippen molar-refractivity contribution in [2.24, 2.45) is 5.73 Å². The lowest BCUT2D eigenvalue weighted by molar-refractivity contribution is 0.0524. The molecular formula is C20H25N3O4S. The summed E-state index contributed by atoms with van der Waals surface area (Å²) in [4.78, 5) is 44.4. The molecule has 0 saturated heterocycles. The summed E-state index contributed by atoms with van der Waals surface area (Å²) in [7, 11) is 0. The summed E-state index contributed by atoms with van der Waals surface area (Å²) in [5, 5.41) is -0.115. The summed E-state index contributed by atoms with van der Waals surface area (Å²) in [6, 6.07) is 1.78. The fraction of sp³-hybridized carbons (Fsp3) is 0.400. The van der Waals surface area contributed by atoms with Crippen molar-refractivity contribution in [3.63, 3.8) is 0 Å². The summed E-state index contributed by atoms with van der Waals surface area (Å²) in [5.74, 6) is -1.23. The Morgan fingerprint density at radius 1 is 1.21 bits per heavy atom. The molecule has 0 aliphatic carbocycles. The third-order valence-electron chi connectivity index (χ3n) is 4.38. The molecule has 2 heterocycles. The minimum atomic E-state index is -0.580. The average molecular weight is 404 g/mol. The Morgan fingerprint density at radius 3 is 2.43 bits per heavy atom. The fourth-order valence-electron chi connectivity index (χ4n) is 3.12. The largest absolute Gasteiger partial charge is 0.462 e. The zero-order valence-corrected chi connectivity index (χ0v) is 17.7. The van der Waals surface area contributed by atoms with Crippen molar-refractivity contribution in [3.05, 3.63) is 45.4 Å². The van der Waals surface area contributed by atoms with Gasteiger partial charge in [0, 0.05) is 11.4 Å². The van der Waals surface area contributed by atoms with Crippen LogP contribution in [0.2, 0.25) is 0 Å². The highest BCUT2D eigenvalue weighted by molar-refractivity contribution is 8.00. The number of Topliss-reactive ketones (excluding diaryl/α,β-unsaturated/α-hetero) is 1. The number of hydrogen-bond acceptors (Lipinski definition) is 6. The molecular weight excluding hydrogens is 378 g/mol. The molecule has 8 heteroatoms. The van der Waals surface area contributed by atoms with Gasteiger partial charge in [-0.3, -0.25) is 9.59 Å². The second-order valence-corrected chi connectivity index (χ2v) is 7.92. The van der Waals surface area contributed by atoms with Crippen molar-refractivity contribution in [3.8, 4) is 0 Å². The quantitative estimate of drug-likeness (QED) is 0.416. The molecule has 0 aliphatic rings. The molecule has 0 fully saturated rings. The minimum absolute atomic E-state index is 0.197. The number of ether oxygens (including phenoxy) is 1. The number of nitrogens with two attached hydrogens (primary N) is 1. The molecule has 0 radical (unpaired) electrons. The second kappa shape index (κ2) is 8.60. The zero-order chi connectivity index (χ0) is 21.2. The van der Waals surface area contributed by atoms with Crippen LogP contribution in [0.25, 0.3) is 0 Å². The number of amides is 1. The molecule has 0 saturated carbocycles. The standard InChI is InChI=1S/C20H25N3O4S/c1-7-27-20(26)15-11(4)16(23-12(15)5)17(24)13(6)28-19-14(18(21)25)9(2)8-10(3)22-19/h8,13,23H,7H2,1-6H3,(H2,21,25)/t13-/m0/s1. The van der Waals surface area contributed by atoms with Crippen LogP contribution in [0.15, 0.2) is 11.1 Å². The van der Waals surface area contributed by atoms with E-state index in [1.807, 2.05) is 6.92 Å². The SMILES string of the molecule is CCOC(=O)c1c(C)[nH]c(C(=O)[C@H](C)Sc2nc(C)cc(C)c2C(N)=O)c1C. The van der Waals surface area contributed by atoms with Gasteiger partial charge in [0.2, 0.25) is 0 Å². The Labute approximate surface area is 168 Å². The van der Waals surface area contributed by atoms with E-state index >= 15 is 0 Å². The number of hydrogen-bond donors (Lipinski definition) is 2. The highest BCUT2D eigenvalue weighted by Crippen LogP contribution is 2.30. The number of aromatic amines is 1. The molecule has 28 heavy (non-hydrogen) atoms. The van der Waals surface area contributed by atoms with Crippen LogP contribution < -0.4 is 5.73 Å². The summed E-state index contributed by atoms with van der Waals surface area (Å²) in [6.45, 7) is 10.8. The maximum atomic E-state index is 13.0. The number of nitrogens with one attached hydrogen (secondary N) is 1. The Kier molecular flexibility index (Phi) is 6.66. The van der Waals surface area contributed by atoms with Gasteiger partial charge >= 0.3 is 5.97 Å². The Morgan fingerprint density at radius 2 is 1.86 bits per heavy atom. The van der Waals surface area contributed by atoms with Gasteiger partial charge in [-0.1, -0.05) is 11.8 Å². The lowest BCUT2D eigenvalue weighted by Gasteiger charge is -2.14. The van der Waals surface area contributed by atoms with Gasteiger partial charge in [-0.15, -0.1) is 0 Å². The Balaban J connectivity index is 2.36. The zero-order valence-electron chi connectivity index (χ0n) is 16.9. The van der Waals surface area contributed by atoms with Gasteiger partial charge in [0.15, 0.2) is 5.78 Å². The third kappa shape index (κ3) is 4.27. The van der Waals surface area contributed by atoms with E-state index < -0.39 is 17.1 Å². The third-order valence-corrected chi connectivity index (χ3v) is 5.47. The predicted octanol–water partition coefficient (Wildman–Crippen LogP) is 3.28. The van der Waals surface area contributed by atoms with Crippen molar-refractivity contribution in [1.29, 1.82) is 0 Å². The van der Waals surface area contributed by atoms with Crippen LogP contribution in [0.4, 0.5) is 0 Å². The first-order valence-corrected chi connectivity index (χ1v) is 9.81. The molecule has 0 unspecified atom stereocenters. The van der Waals surface area contributed by atoms with Crippen molar-refractivity contribution in [2.75, 3.05) is 6.61 Å². The molecule has 2 rings (SSSR count). The molecule has 3 N–H and O–H groups in total. The van der Waals surface area contributed by atoms with Crippen molar-refractivity contribution in [1.82, 2.24) is 9.97 Å². The summed E-state index contributed by atoms with van der Waals surface area (Å²) in [6.07, 6.45) is 0. The monoisotopic (exact) mass is 403 g/mol. The van der Waals surface area contributed by atoms with Gasteiger partial charge in [0.1, 0.15) is 5.03 Å². The van der Waals surface area contributed by atoms with E-state index in [2.05, 4.69) is 9.97 Å². The lowest BCUT2D eigenvalue weighted by atomic mass is 10.1. The van der Waals surface area contributed by atoms with E-state index in [1.165, 1.54) is 11.8 Å². The predicted molar refractivity (Wildman–Crippen MR) is 108 cm³/mol. The highest BCUT2D eigenvalue weighted by atomic mass is 32.2. The van der Waals surface area contributed by atoms with Crippen molar-refractivity contribution in [2.45, 2.75) is 51.8 Å². The number of aryl methyl sites for hydroxylation is 3. The van der Waals surface area contributed by atoms with E-state index in [4.69, 9.17) is 10.5 Å². The minimum Gasteiger partial charge on any atom is -0.462 e. The fourth-order valence-corrected chi connectivity index (χ4v) is 4.25. The maximum Gasteiger partial charge on any atom is 0.340 e. The number of nitrogens with zero attached hydrogens (tertiary/aromatic N) is 1. The van der Waals surface area contributed by atoms with Gasteiger partial charge in [0.05, 0.1) is 28.7 Å². The molecule has 1 atom stereocenters. The molecule has 0 aromatic carbocycles. The van der Waals surface area contributed by atoms with Crippen LogP contribution in [-0.2, 0) is 4.74 Å². The molecule has 0 spiro atoms. The summed E-state index contributed by atoms with van der Waals surface area (Å²) >= 11 is 1.17. The number of H-pyrrole nitrogens is 1. The topological polar surface area (TPSA) is 115 Å². The molecule has 2 aromatic heterocycles. The van der Waals surface area contributed by atoms with E-state index in [-0.39, 0.29) is 12.4 Å². The van der Waals surface area contributed by atoms with Gasteiger partial charge in [-0.2, -0.15) is 0 Å². The first kappa shape index (κ1) is 21.7. The van der Waals surface area contributed by atoms with Crippen LogP contribution in [0.5, 0.6) is 0 Å². The number of aromatic nitrogens is 2. The second-order valence-electron chi connectivity index (χ2n) is 6.59. The van der Waals surface area contributed by atoms with Crippen LogP contribution in [0, 0.1) is 27.7 Å². The molecule has 0 bridgehead atoms. The number of esters is 1. The van der Waals surface area contributed by atoms with Crippen LogP contribution >= 0.6 is 11.8 Å². The summed E-state index contributed by atoms with van der Waals surface area (Å²) in [5.41, 5.74) is 9.15. The average Bonchev–Trinajstić information content (AvgIpc) is 2.87. The van der Waals surface area contributed by atoms with Crippen LogP contribution in [-0.4, -0.2) is 39.5 Å². The van der Waals surface area contributed by atoms with Gasteiger partial charge in [-0.25, -0.2) is 9.78 Å². The number of primary amides is 1. The molecule has 7 nitrogen and oxygen atoms in total. The first-order valence-electron chi connectivity index (χ1n) is 8.93. The van der Waals surface area contributed by atoms with E-state index in [0.29, 0.717) is 33.1 Å². The first-order chi connectivity index (χ1) is 13.1. The highest BCUT2D eigenvalue weighted by Gasteiger charge is 2.27.